The molecule has 1 saturated heterocycles. The van der Waals surface area contributed by atoms with Crippen molar-refractivity contribution in [2.24, 2.45) is 5.92 Å². The summed E-state index contributed by atoms with van der Waals surface area (Å²) in [4.78, 5) is 12.1. The molecule has 1 heterocycles. The molecule has 21 heavy (non-hydrogen) atoms. The summed E-state index contributed by atoms with van der Waals surface area (Å²) in [6.45, 7) is 2.14. The molecule has 116 valence electrons. The van der Waals surface area contributed by atoms with Gasteiger partial charge in [-0.2, -0.15) is 0 Å². The Labute approximate surface area is 142 Å². The number of ether oxygens (including phenoxy) is 1. The Morgan fingerprint density at radius 1 is 1.43 bits per heavy atom. The maximum Gasteiger partial charge on any atom is 0.224 e. The van der Waals surface area contributed by atoms with E-state index in [-0.39, 0.29) is 5.91 Å². The Morgan fingerprint density at radius 3 is 2.90 bits per heavy atom. The smallest absolute Gasteiger partial charge is 0.224 e. The molecule has 4 nitrogen and oxygen atoms in total. The fourth-order valence-electron chi connectivity index (χ4n) is 2.50. The summed E-state index contributed by atoms with van der Waals surface area (Å²) in [6.07, 6.45) is 3.92. The average Bonchev–Trinajstić information content (AvgIpc) is 2.49. The van der Waals surface area contributed by atoms with Gasteiger partial charge in [-0.3, -0.25) is 4.79 Å². The van der Waals surface area contributed by atoms with Gasteiger partial charge in [-0.25, -0.2) is 0 Å². The number of rotatable bonds is 5. The fraction of sp³-hybridized carbons (Fsp3) is 0.533. The van der Waals surface area contributed by atoms with Crippen LogP contribution in [0.1, 0.15) is 25.7 Å². The molecule has 1 amide bonds. The number of amides is 1. The van der Waals surface area contributed by atoms with E-state index in [1.807, 2.05) is 12.1 Å². The molecule has 2 N–H and O–H groups in total. The number of carbonyl (C=O) groups excluding carboxylic acids is 1. The monoisotopic (exact) mass is 418 g/mol. The molecule has 2 rings (SSSR count). The lowest BCUT2D eigenvalue weighted by molar-refractivity contribution is -0.116. The highest BCUT2D eigenvalue weighted by molar-refractivity contribution is 9.11. The van der Waals surface area contributed by atoms with Crippen LogP contribution in [-0.4, -0.2) is 26.1 Å². The molecular formula is C15H20Br2N2O2. The summed E-state index contributed by atoms with van der Waals surface area (Å²) < 4.78 is 6.94. The van der Waals surface area contributed by atoms with E-state index in [4.69, 9.17) is 4.74 Å². The molecule has 1 unspecified atom stereocenters. The van der Waals surface area contributed by atoms with Gasteiger partial charge in [-0.05, 0) is 76.2 Å². The third kappa shape index (κ3) is 4.97. The van der Waals surface area contributed by atoms with E-state index in [9.17, 15) is 4.79 Å². The van der Waals surface area contributed by atoms with Gasteiger partial charge in [-0.15, -0.1) is 0 Å². The normalized spacial score (nSPS) is 18.3. The van der Waals surface area contributed by atoms with Crippen molar-refractivity contribution >= 4 is 43.5 Å². The number of piperidine rings is 1. The molecule has 1 aromatic rings. The number of nitrogens with one attached hydrogen (secondary N) is 2. The van der Waals surface area contributed by atoms with Gasteiger partial charge < -0.3 is 15.4 Å². The molecule has 1 aliphatic heterocycles. The van der Waals surface area contributed by atoms with E-state index < -0.39 is 0 Å². The van der Waals surface area contributed by atoms with Crippen molar-refractivity contribution in [2.45, 2.75) is 25.7 Å². The van der Waals surface area contributed by atoms with E-state index in [0.717, 1.165) is 34.1 Å². The Morgan fingerprint density at radius 2 is 2.24 bits per heavy atom. The van der Waals surface area contributed by atoms with Crippen LogP contribution in [0.2, 0.25) is 0 Å². The van der Waals surface area contributed by atoms with Gasteiger partial charge >= 0.3 is 0 Å². The Balaban J connectivity index is 1.89. The minimum Gasteiger partial charge on any atom is -0.495 e. The van der Waals surface area contributed by atoms with E-state index in [2.05, 4.69) is 42.5 Å². The second-order valence-electron chi connectivity index (χ2n) is 5.27. The zero-order chi connectivity index (χ0) is 15.2. The van der Waals surface area contributed by atoms with E-state index in [0.29, 0.717) is 18.1 Å². The third-order valence-electron chi connectivity index (χ3n) is 3.69. The molecule has 1 aliphatic rings. The van der Waals surface area contributed by atoms with Gasteiger partial charge in [0, 0.05) is 17.0 Å². The van der Waals surface area contributed by atoms with Crippen molar-refractivity contribution in [3.05, 3.63) is 21.1 Å². The quantitative estimate of drug-likeness (QED) is 0.759. The summed E-state index contributed by atoms with van der Waals surface area (Å²) in [6, 6.07) is 3.69. The van der Waals surface area contributed by atoms with Crippen LogP contribution in [0.5, 0.6) is 5.75 Å². The van der Waals surface area contributed by atoms with Crippen molar-refractivity contribution < 1.29 is 9.53 Å². The summed E-state index contributed by atoms with van der Waals surface area (Å²) in [5.41, 5.74) is 0.738. The molecule has 0 aliphatic carbocycles. The molecule has 0 spiro atoms. The fourth-order valence-corrected chi connectivity index (χ4v) is 3.75. The lowest BCUT2D eigenvalue weighted by Gasteiger charge is -2.22. The van der Waals surface area contributed by atoms with Crippen LogP contribution in [0.25, 0.3) is 0 Å². The van der Waals surface area contributed by atoms with Crippen molar-refractivity contribution in [3.63, 3.8) is 0 Å². The van der Waals surface area contributed by atoms with Crippen molar-refractivity contribution in [2.75, 3.05) is 25.5 Å². The second kappa shape index (κ2) is 8.15. The molecule has 1 atom stereocenters. The van der Waals surface area contributed by atoms with Gasteiger partial charge in [0.05, 0.1) is 17.3 Å². The minimum atomic E-state index is 0.0469. The van der Waals surface area contributed by atoms with Crippen LogP contribution < -0.4 is 15.4 Å². The van der Waals surface area contributed by atoms with Crippen LogP contribution in [0.15, 0.2) is 21.1 Å². The molecule has 0 radical (unpaired) electrons. The Hall–Kier alpha value is -0.590. The number of carbonyl (C=O) groups is 1. The van der Waals surface area contributed by atoms with Crippen LogP contribution in [-0.2, 0) is 4.79 Å². The van der Waals surface area contributed by atoms with Crippen LogP contribution >= 0.6 is 31.9 Å². The minimum absolute atomic E-state index is 0.0469. The van der Waals surface area contributed by atoms with E-state index in [1.54, 1.807) is 7.11 Å². The highest BCUT2D eigenvalue weighted by Crippen LogP contribution is 2.34. The number of anilines is 1. The van der Waals surface area contributed by atoms with Crippen LogP contribution in [0, 0.1) is 5.92 Å². The predicted octanol–water partition coefficient (Wildman–Crippen LogP) is 3.94. The number of hydrogen-bond acceptors (Lipinski definition) is 3. The van der Waals surface area contributed by atoms with Crippen LogP contribution in [0.3, 0.4) is 0 Å². The lowest BCUT2D eigenvalue weighted by atomic mass is 9.94. The first-order valence-electron chi connectivity index (χ1n) is 7.13. The summed E-state index contributed by atoms with van der Waals surface area (Å²) in [7, 11) is 1.61. The topological polar surface area (TPSA) is 50.4 Å². The zero-order valence-electron chi connectivity index (χ0n) is 12.0. The molecule has 0 saturated carbocycles. The van der Waals surface area contributed by atoms with E-state index >= 15 is 0 Å². The van der Waals surface area contributed by atoms with E-state index in [1.165, 1.54) is 12.8 Å². The summed E-state index contributed by atoms with van der Waals surface area (Å²) in [5, 5.41) is 6.32. The van der Waals surface area contributed by atoms with Gasteiger partial charge in [0.25, 0.3) is 0 Å². The van der Waals surface area contributed by atoms with Gasteiger partial charge in [0.2, 0.25) is 5.91 Å². The lowest BCUT2D eigenvalue weighted by Crippen LogP contribution is -2.30. The number of benzene rings is 1. The van der Waals surface area contributed by atoms with Gasteiger partial charge in [0.15, 0.2) is 0 Å². The van der Waals surface area contributed by atoms with Crippen molar-refractivity contribution in [1.29, 1.82) is 0 Å². The molecule has 0 bridgehead atoms. The first kappa shape index (κ1) is 16.8. The largest absolute Gasteiger partial charge is 0.495 e. The standard InChI is InChI=1S/C15H20Br2N2O2/c1-21-14-8-13(11(16)7-12(14)17)19-15(20)5-4-10-3-2-6-18-9-10/h7-8,10,18H,2-6,9H2,1H3,(H,19,20). The highest BCUT2D eigenvalue weighted by atomic mass is 79.9. The molecule has 0 aromatic heterocycles. The van der Waals surface area contributed by atoms with Crippen LogP contribution in [0.4, 0.5) is 5.69 Å². The number of halogens is 2. The van der Waals surface area contributed by atoms with Crippen molar-refractivity contribution in [1.82, 2.24) is 5.32 Å². The third-order valence-corrected chi connectivity index (χ3v) is 4.97. The number of methoxy groups -OCH3 is 1. The van der Waals surface area contributed by atoms with Gasteiger partial charge in [0.1, 0.15) is 5.75 Å². The molecule has 6 heteroatoms. The Kier molecular flexibility index (Phi) is 6.51. The maximum absolute atomic E-state index is 12.1. The molecular weight excluding hydrogens is 400 g/mol. The predicted molar refractivity (Wildman–Crippen MR) is 91.9 cm³/mol. The molecule has 1 fully saturated rings. The average molecular weight is 420 g/mol. The van der Waals surface area contributed by atoms with Crippen molar-refractivity contribution in [3.8, 4) is 5.75 Å². The number of hydrogen-bond donors (Lipinski definition) is 2. The molecule has 1 aromatic carbocycles. The van der Waals surface area contributed by atoms with Gasteiger partial charge in [-0.1, -0.05) is 0 Å². The second-order valence-corrected chi connectivity index (χ2v) is 6.97. The SMILES string of the molecule is COc1cc(NC(=O)CCC2CCCNC2)c(Br)cc1Br. The first-order valence-corrected chi connectivity index (χ1v) is 8.72. The summed E-state index contributed by atoms with van der Waals surface area (Å²) >= 11 is 6.87. The Bertz CT molecular complexity index is 503. The first-order chi connectivity index (χ1) is 10.1. The highest BCUT2D eigenvalue weighted by Gasteiger charge is 2.15. The summed E-state index contributed by atoms with van der Waals surface area (Å²) in [5.74, 6) is 1.36. The maximum atomic E-state index is 12.1. The zero-order valence-corrected chi connectivity index (χ0v) is 15.2.